The summed E-state index contributed by atoms with van der Waals surface area (Å²) in [7, 11) is 0. The van der Waals surface area contributed by atoms with Crippen molar-refractivity contribution >= 4 is 11.8 Å². The average Bonchev–Trinajstić information content (AvgIpc) is 3.04. The summed E-state index contributed by atoms with van der Waals surface area (Å²) >= 11 is 0. The molecule has 1 aromatic rings. The molecule has 0 aliphatic carbocycles. The molecule has 3 atom stereocenters. The van der Waals surface area contributed by atoms with Gasteiger partial charge in [0.2, 0.25) is 11.8 Å². The summed E-state index contributed by atoms with van der Waals surface area (Å²) in [5.41, 5.74) is 1.01. The summed E-state index contributed by atoms with van der Waals surface area (Å²) in [5.74, 6) is -0.988. The van der Waals surface area contributed by atoms with Gasteiger partial charge in [-0.25, -0.2) is 0 Å². The van der Waals surface area contributed by atoms with Gasteiger partial charge in [-0.2, -0.15) is 0 Å². The van der Waals surface area contributed by atoms with Crippen LogP contribution in [0.2, 0.25) is 0 Å². The molecule has 0 aromatic heterocycles. The lowest BCUT2D eigenvalue weighted by Gasteiger charge is -2.28. The Bertz CT molecular complexity index is 617. The van der Waals surface area contributed by atoms with Crippen LogP contribution in [-0.4, -0.2) is 47.3 Å². The van der Waals surface area contributed by atoms with Crippen LogP contribution in [0.15, 0.2) is 30.3 Å². The van der Waals surface area contributed by atoms with E-state index >= 15 is 0 Å². The lowest BCUT2D eigenvalue weighted by atomic mass is 10.1. The number of rotatable bonds is 4. The van der Waals surface area contributed by atoms with Gasteiger partial charge in [-0.1, -0.05) is 37.3 Å². The van der Waals surface area contributed by atoms with Crippen molar-refractivity contribution in [1.82, 2.24) is 10.2 Å². The number of fused-ring (bicyclic) bond motifs is 1. The molecule has 0 unspecified atom stereocenters. The molecule has 2 saturated heterocycles. The molecule has 2 fully saturated rings. The molecule has 2 amide bonds. The molecule has 3 rings (SSSR count). The van der Waals surface area contributed by atoms with Crippen LogP contribution in [0.25, 0.3) is 0 Å². The number of benzene rings is 1. The zero-order valence-electron chi connectivity index (χ0n) is 14.3. The minimum atomic E-state index is -0.728. The molecule has 0 saturated carbocycles. The molecule has 130 valence electrons. The maximum Gasteiger partial charge on any atom is 0.245 e. The second-order valence-corrected chi connectivity index (χ2v) is 6.69. The summed E-state index contributed by atoms with van der Waals surface area (Å²) in [5, 5.41) is 2.92. The summed E-state index contributed by atoms with van der Waals surface area (Å²) in [6, 6.07) is 9.04. The van der Waals surface area contributed by atoms with E-state index in [2.05, 4.69) is 5.32 Å². The van der Waals surface area contributed by atoms with Crippen LogP contribution in [-0.2, 0) is 25.6 Å². The minimum Gasteiger partial charge on any atom is -0.350 e. The Morgan fingerprint density at radius 1 is 1.25 bits per heavy atom. The molecule has 2 heterocycles. The fourth-order valence-electron chi connectivity index (χ4n) is 3.40. The van der Waals surface area contributed by atoms with Gasteiger partial charge in [0.15, 0.2) is 5.79 Å². The molecule has 0 radical (unpaired) electrons. The van der Waals surface area contributed by atoms with Gasteiger partial charge in [-0.3, -0.25) is 9.59 Å². The highest BCUT2D eigenvalue weighted by atomic mass is 16.8. The van der Waals surface area contributed by atoms with Crippen molar-refractivity contribution in [1.29, 1.82) is 0 Å². The second kappa shape index (κ2) is 6.53. The topological polar surface area (TPSA) is 67.9 Å². The van der Waals surface area contributed by atoms with Gasteiger partial charge in [0.25, 0.3) is 0 Å². The van der Waals surface area contributed by atoms with Crippen LogP contribution in [0.4, 0.5) is 0 Å². The maximum absolute atomic E-state index is 12.8. The Kier molecular flexibility index (Phi) is 4.60. The van der Waals surface area contributed by atoms with Crippen molar-refractivity contribution in [2.24, 2.45) is 0 Å². The standard InChI is InChI=1S/C18H24N2O4/c1-4-14(21)20-11-13-16(24-18(2,3)23-13)15(20)17(22)19-10-12-8-6-5-7-9-12/h5-9,13,15-16H,4,10-11H2,1-3H3,(H,19,22)/t13-,15-,16-/m0/s1. The Morgan fingerprint density at radius 3 is 2.62 bits per heavy atom. The van der Waals surface area contributed by atoms with Crippen molar-refractivity contribution < 1.29 is 19.1 Å². The average molecular weight is 332 g/mol. The van der Waals surface area contributed by atoms with Crippen molar-refractivity contribution in [3.63, 3.8) is 0 Å². The normalized spacial score (nSPS) is 27.8. The number of ether oxygens (including phenoxy) is 2. The molecule has 0 spiro atoms. The van der Waals surface area contributed by atoms with Crippen LogP contribution in [0.3, 0.4) is 0 Å². The zero-order chi connectivity index (χ0) is 17.3. The minimum absolute atomic E-state index is 0.0609. The first kappa shape index (κ1) is 16.9. The highest BCUT2D eigenvalue weighted by molar-refractivity contribution is 5.89. The number of likely N-dealkylation sites (tertiary alicyclic amines) is 1. The number of carbonyl (C=O) groups is 2. The lowest BCUT2D eigenvalue weighted by molar-refractivity contribution is -0.169. The summed E-state index contributed by atoms with van der Waals surface area (Å²) in [6.45, 7) is 6.27. The first-order chi connectivity index (χ1) is 11.4. The molecule has 6 nitrogen and oxygen atoms in total. The number of nitrogens with one attached hydrogen (secondary N) is 1. The van der Waals surface area contributed by atoms with Gasteiger partial charge in [-0.05, 0) is 19.4 Å². The quantitative estimate of drug-likeness (QED) is 0.906. The van der Waals surface area contributed by atoms with E-state index in [0.29, 0.717) is 19.5 Å². The van der Waals surface area contributed by atoms with Crippen molar-refractivity contribution in [2.45, 2.75) is 57.8 Å². The van der Waals surface area contributed by atoms with E-state index in [1.54, 1.807) is 11.8 Å². The Hall–Kier alpha value is -1.92. The molecule has 1 aromatic carbocycles. The van der Waals surface area contributed by atoms with Crippen LogP contribution >= 0.6 is 0 Å². The molecular formula is C18H24N2O4. The maximum atomic E-state index is 12.8. The van der Waals surface area contributed by atoms with Crippen molar-refractivity contribution in [3.05, 3.63) is 35.9 Å². The predicted octanol–water partition coefficient (Wildman–Crippen LogP) is 1.44. The zero-order valence-corrected chi connectivity index (χ0v) is 14.3. The van der Waals surface area contributed by atoms with Gasteiger partial charge < -0.3 is 19.7 Å². The van der Waals surface area contributed by atoms with Crippen LogP contribution < -0.4 is 5.32 Å². The SMILES string of the molecule is CCC(=O)N1C[C@@H]2OC(C)(C)O[C@@H]2[C@H]1C(=O)NCc1ccccc1. The predicted molar refractivity (Wildman–Crippen MR) is 87.9 cm³/mol. The van der Waals surface area contributed by atoms with E-state index in [-0.39, 0.29) is 17.9 Å². The van der Waals surface area contributed by atoms with E-state index in [4.69, 9.17) is 9.47 Å². The van der Waals surface area contributed by atoms with E-state index in [1.165, 1.54) is 0 Å². The third kappa shape index (κ3) is 3.30. The fraction of sp³-hybridized carbons (Fsp3) is 0.556. The molecular weight excluding hydrogens is 308 g/mol. The lowest BCUT2D eigenvalue weighted by Crippen LogP contribution is -2.51. The summed E-state index contributed by atoms with van der Waals surface area (Å²) in [6.07, 6.45) is -0.333. The number of nitrogens with zero attached hydrogens (tertiary/aromatic N) is 1. The first-order valence-electron chi connectivity index (χ1n) is 8.38. The fourth-order valence-corrected chi connectivity index (χ4v) is 3.40. The Balaban J connectivity index is 1.73. The van der Waals surface area contributed by atoms with Crippen molar-refractivity contribution in [3.8, 4) is 0 Å². The van der Waals surface area contributed by atoms with Gasteiger partial charge in [0, 0.05) is 13.0 Å². The van der Waals surface area contributed by atoms with Gasteiger partial charge in [-0.15, -0.1) is 0 Å². The Morgan fingerprint density at radius 2 is 1.96 bits per heavy atom. The number of hydrogen-bond acceptors (Lipinski definition) is 4. The first-order valence-corrected chi connectivity index (χ1v) is 8.38. The number of hydrogen-bond donors (Lipinski definition) is 1. The van der Waals surface area contributed by atoms with E-state index in [9.17, 15) is 9.59 Å². The molecule has 0 bridgehead atoms. The molecule has 1 N–H and O–H groups in total. The van der Waals surface area contributed by atoms with Gasteiger partial charge >= 0.3 is 0 Å². The molecule has 2 aliphatic rings. The van der Waals surface area contributed by atoms with Crippen molar-refractivity contribution in [2.75, 3.05) is 6.54 Å². The molecule has 24 heavy (non-hydrogen) atoms. The number of amides is 2. The highest BCUT2D eigenvalue weighted by Gasteiger charge is 2.56. The summed E-state index contributed by atoms with van der Waals surface area (Å²) in [4.78, 5) is 26.6. The number of carbonyl (C=O) groups excluding carboxylic acids is 2. The van der Waals surface area contributed by atoms with Crippen LogP contribution in [0.5, 0.6) is 0 Å². The second-order valence-electron chi connectivity index (χ2n) is 6.69. The third-order valence-electron chi connectivity index (χ3n) is 4.45. The third-order valence-corrected chi connectivity index (χ3v) is 4.45. The molecule has 6 heteroatoms. The largest absolute Gasteiger partial charge is 0.350 e. The smallest absolute Gasteiger partial charge is 0.245 e. The summed E-state index contributed by atoms with van der Waals surface area (Å²) < 4.78 is 11.8. The van der Waals surface area contributed by atoms with Gasteiger partial charge in [0.1, 0.15) is 18.2 Å². The van der Waals surface area contributed by atoms with Gasteiger partial charge in [0.05, 0.1) is 6.54 Å². The van der Waals surface area contributed by atoms with Crippen LogP contribution in [0.1, 0.15) is 32.8 Å². The van der Waals surface area contributed by atoms with E-state index in [1.807, 2.05) is 44.2 Å². The van der Waals surface area contributed by atoms with Crippen LogP contribution in [0, 0.1) is 0 Å². The molecule has 2 aliphatic heterocycles. The van der Waals surface area contributed by atoms with E-state index < -0.39 is 17.9 Å². The highest BCUT2D eigenvalue weighted by Crippen LogP contribution is 2.37. The monoisotopic (exact) mass is 332 g/mol. The van der Waals surface area contributed by atoms with E-state index in [0.717, 1.165) is 5.56 Å². The Labute approximate surface area is 142 Å².